The van der Waals surface area contributed by atoms with Crippen LogP contribution in [0.1, 0.15) is 33.2 Å². The first-order valence-electron chi connectivity index (χ1n) is 12.2. The number of thioether (sulfide) groups is 1. The standard InChI is InChI=1S/C30H19Cl2F3N2O3S/c31-25-12-9-19(13-26(25)32)14-27-37(17-18-7-10-20(11-8-18)29(38)39)36-28(41-27)21-3-1-5-23(15-21)40-24-6-2-4-22(16-24)30(33,34)35/h1-16,28H,17H2/p+2/b27-14-. The van der Waals surface area contributed by atoms with Gasteiger partial charge >= 0.3 is 12.1 Å². The van der Waals surface area contributed by atoms with Gasteiger partial charge in [-0.25, -0.2) is 0 Å². The van der Waals surface area contributed by atoms with Crippen LogP contribution in [0.5, 0.6) is 11.5 Å². The highest BCUT2D eigenvalue weighted by molar-refractivity contribution is 8.03. The normalized spacial score (nSPS) is 16.1. The molecule has 0 spiro atoms. The Morgan fingerprint density at radius 2 is 1.66 bits per heavy atom. The fraction of sp³-hybridized carbons (Fsp3) is 0.100. The Morgan fingerprint density at radius 3 is 2.34 bits per heavy atom. The monoisotopic (exact) mass is 616 g/mol. The third kappa shape index (κ3) is 7.11. The maximum absolute atomic E-state index is 13.1. The summed E-state index contributed by atoms with van der Waals surface area (Å²) in [5.74, 6) is -0.309. The fourth-order valence-electron chi connectivity index (χ4n) is 4.02. The van der Waals surface area contributed by atoms with E-state index in [2.05, 4.69) is 0 Å². The minimum absolute atomic E-state index is 0.0735. The van der Waals surface area contributed by atoms with Gasteiger partial charge in [-0.1, -0.05) is 64.3 Å². The number of hydrogen-bond acceptors (Lipinski definition) is 3. The van der Waals surface area contributed by atoms with E-state index in [1.807, 2.05) is 22.9 Å². The molecule has 1 atom stereocenters. The molecule has 1 aliphatic heterocycles. The summed E-state index contributed by atoms with van der Waals surface area (Å²) in [4.78, 5) is 9.32. The van der Waals surface area contributed by atoms with Crippen molar-refractivity contribution in [1.82, 2.24) is 0 Å². The van der Waals surface area contributed by atoms with Crippen molar-refractivity contribution < 1.29 is 32.5 Å². The highest BCUT2D eigenvalue weighted by atomic mass is 35.5. The molecule has 4 aromatic rings. The van der Waals surface area contributed by atoms with Crippen LogP contribution in [0.2, 0.25) is 10.0 Å². The topological polar surface area (TPSA) is 66.2 Å². The first kappa shape index (κ1) is 28.7. The second-order valence-corrected chi connectivity index (χ2v) is 10.9. The number of aliphatic hydroxyl groups excluding tert-OH is 1. The van der Waals surface area contributed by atoms with Crippen LogP contribution < -0.4 is 4.74 Å². The van der Waals surface area contributed by atoms with Crippen molar-refractivity contribution in [2.24, 2.45) is 5.11 Å². The molecule has 0 radical (unpaired) electrons. The third-order valence-electron chi connectivity index (χ3n) is 6.05. The lowest BCUT2D eigenvalue weighted by Gasteiger charge is -2.11. The van der Waals surface area contributed by atoms with Crippen molar-refractivity contribution in [3.05, 3.63) is 134 Å². The van der Waals surface area contributed by atoms with Gasteiger partial charge in [-0.15, -0.1) is 0 Å². The van der Waals surface area contributed by atoms with Gasteiger partial charge < -0.3 is 14.6 Å². The number of alkyl halides is 3. The van der Waals surface area contributed by atoms with Gasteiger partial charge in [0.15, 0.2) is 5.37 Å². The van der Waals surface area contributed by atoms with Gasteiger partial charge in [0.1, 0.15) is 17.1 Å². The lowest BCUT2D eigenvalue weighted by molar-refractivity contribution is -0.547. The molecule has 0 bridgehead atoms. The maximum Gasteiger partial charge on any atom is 0.515 e. The van der Waals surface area contributed by atoms with E-state index in [-0.39, 0.29) is 11.1 Å². The number of carboxylic acids is 1. The Labute approximate surface area is 247 Å². The number of benzene rings is 4. The second kappa shape index (κ2) is 12.0. The molecule has 11 heteroatoms. The molecule has 0 aromatic heterocycles. The summed E-state index contributed by atoms with van der Waals surface area (Å²) in [6, 6.07) is 23.8. The molecule has 5 nitrogen and oxygen atoms in total. The summed E-state index contributed by atoms with van der Waals surface area (Å²) < 4.78 is 47.0. The van der Waals surface area contributed by atoms with E-state index in [0.717, 1.165) is 33.9 Å². The minimum atomic E-state index is -4.47. The van der Waals surface area contributed by atoms with Crippen LogP contribution in [0, 0.1) is 0 Å². The molecular weight excluding hydrogens is 596 g/mol. The smallest absolute Gasteiger partial charge is 0.457 e. The van der Waals surface area contributed by atoms with E-state index in [1.165, 1.54) is 23.9 Å². The van der Waals surface area contributed by atoms with Crippen molar-refractivity contribution in [1.29, 1.82) is 0 Å². The van der Waals surface area contributed by atoms with Gasteiger partial charge in [-0.2, -0.15) is 13.2 Å². The van der Waals surface area contributed by atoms with Crippen molar-refractivity contribution in [3.8, 4) is 11.5 Å². The summed E-state index contributed by atoms with van der Waals surface area (Å²) in [6.45, 7) is 0.392. The number of aromatic carboxylic acids is 1. The molecule has 0 fully saturated rings. The molecule has 208 valence electrons. The number of ether oxygens (including phenoxy) is 1. The van der Waals surface area contributed by atoms with E-state index in [9.17, 15) is 23.1 Å². The van der Waals surface area contributed by atoms with Crippen LogP contribution in [0.25, 0.3) is 6.08 Å². The lowest BCUT2D eigenvalue weighted by atomic mass is 10.1. The number of carboxylic acid groups (broad SMARTS) is 1. The Bertz CT molecular complexity index is 1670. The number of hydrogen-bond donors (Lipinski definition) is 1. The van der Waals surface area contributed by atoms with E-state index >= 15 is 0 Å². The average molecular weight is 617 g/mol. The van der Waals surface area contributed by atoms with Crippen LogP contribution in [0.3, 0.4) is 0 Å². The maximum atomic E-state index is 13.1. The molecule has 5 rings (SSSR count). The van der Waals surface area contributed by atoms with Gasteiger partial charge in [0.25, 0.3) is 5.03 Å². The van der Waals surface area contributed by atoms with Crippen LogP contribution in [0.4, 0.5) is 13.2 Å². The van der Waals surface area contributed by atoms with Gasteiger partial charge in [0.05, 0.1) is 15.6 Å². The second-order valence-electron chi connectivity index (χ2n) is 9.02. The average Bonchev–Trinajstić information content (AvgIpc) is 3.33. The number of azo groups is 2. The largest absolute Gasteiger partial charge is 0.515 e. The molecular formula is C30H21Cl2F3N2O3S+2. The minimum Gasteiger partial charge on any atom is -0.457 e. The van der Waals surface area contributed by atoms with E-state index in [1.54, 1.807) is 54.6 Å². The summed E-state index contributed by atoms with van der Waals surface area (Å²) in [6.07, 6.45) is -2.54. The Hall–Kier alpha value is -3.79. The third-order valence-corrected chi connectivity index (χ3v) is 7.95. The van der Waals surface area contributed by atoms with Gasteiger partial charge in [-0.3, -0.25) is 0 Å². The fourth-order valence-corrected chi connectivity index (χ4v) is 5.44. The van der Waals surface area contributed by atoms with E-state index in [4.69, 9.17) is 33.1 Å². The molecule has 2 N–H and O–H groups in total. The molecule has 0 saturated heterocycles. The predicted octanol–water partition coefficient (Wildman–Crippen LogP) is 9.62. The van der Waals surface area contributed by atoms with E-state index < -0.39 is 17.7 Å². The summed E-state index contributed by atoms with van der Waals surface area (Å²) >= 11 is 13.8. The van der Waals surface area contributed by atoms with E-state index in [0.29, 0.717) is 27.9 Å². The Balaban J connectivity index is 1.44. The summed E-state index contributed by atoms with van der Waals surface area (Å²) in [5, 5.41) is 15.5. The van der Waals surface area contributed by atoms with Crippen molar-refractivity contribution in [3.63, 3.8) is 0 Å². The number of halogens is 5. The predicted molar refractivity (Wildman–Crippen MR) is 154 cm³/mol. The number of nitrogens with zero attached hydrogens (tertiary/aromatic N) is 2. The quantitative estimate of drug-likeness (QED) is 0.166. The van der Waals surface area contributed by atoms with Crippen molar-refractivity contribution >= 4 is 47.0 Å². The van der Waals surface area contributed by atoms with Crippen LogP contribution in [-0.4, -0.2) is 20.6 Å². The first-order chi connectivity index (χ1) is 19.5. The number of rotatable bonds is 7. The Morgan fingerprint density at radius 1 is 0.951 bits per heavy atom. The highest BCUT2D eigenvalue weighted by Crippen LogP contribution is 2.45. The zero-order valence-corrected chi connectivity index (χ0v) is 23.3. The zero-order valence-electron chi connectivity index (χ0n) is 21.0. The van der Waals surface area contributed by atoms with Crippen molar-refractivity contribution in [2.45, 2.75) is 18.1 Å². The lowest BCUT2D eigenvalue weighted by Crippen LogP contribution is -2.05. The summed E-state index contributed by atoms with van der Waals surface area (Å²) in [7, 11) is 0. The molecule has 4 aromatic carbocycles. The van der Waals surface area contributed by atoms with Gasteiger partial charge in [0.2, 0.25) is 6.54 Å². The van der Waals surface area contributed by atoms with Crippen LogP contribution in [0.15, 0.2) is 101 Å². The molecule has 1 heterocycles. The van der Waals surface area contributed by atoms with Crippen LogP contribution >= 0.6 is 35.0 Å². The zero-order chi connectivity index (χ0) is 29.1. The molecule has 41 heavy (non-hydrogen) atoms. The molecule has 1 unspecified atom stereocenters. The van der Waals surface area contributed by atoms with Gasteiger partial charge in [0, 0.05) is 11.6 Å². The first-order valence-corrected chi connectivity index (χ1v) is 13.8. The SMILES string of the molecule is OC(=[OH+])c1ccc(C[N+]2=NC(c3cccc(Oc4cccc(C(F)(F)F)c4)c3)S/C2=C\c2ccc(Cl)c(Cl)c2)cc1. The summed E-state index contributed by atoms with van der Waals surface area (Å²) in [5.41, 5.74) is 1.99. The van der Waals surface area contributed by atoms with Gasteiger partial charge in [-0.05, 0) is 82.6 Å². The van der Waals surface area contributed by atoms with Crippen LogP contribution in [-0.2, 0) is 12.7 Å². The van der Waals surface area contributed by atoms with Crippen molar-refractivity contribution in [2.75, 3.05) is 0 Å². The molecule has 0 aliphatic carbocycles. The Kier molecular flexibility index (Phi) is 8.40. The molecule has 1 aliphatic rings. The molecule has 0 amide bonds. The molecule has 0 saturated carbocycles. The highest BCUT2D eigenvalue weighted by Gasteiger charge is 2.34.